The summed E-state index contributed by atoms with van der Waals surface area (Å²) in [7, 11) is 5.19. The Kier molecular flexibility index (Phi) is 6.10. The fraction of sp³-hybridized carbons (Fsp3) is 0.333. The summed E-state index contributed by atoms with van der Waals surface area (Å²) in [5.74, 6) is 2.13. The van der Waals surface area contributed by atoms with E-state index >= 15 is 0 Å². The van der Waals surface area contributed by atoms with Gasteiger partial charge in [0.15, 0.2) is 11.5 Å². The average molecular weight is 301 g/mol. The minimum atomic E-state index is -0.00764. The van der Waals surface area contributed by atoms with Gasteiger partial charge in [-0.15, -0.1) is 0 Å². The van der Waals surface area contributed by atoms with Gasteiger partial charge in [-0.3, -0.25) is 0 Å². The van der Waals surface area contributed by atoms with Gasteiger partial charge < -0.3 is 19.5 Å². The Bertz CT molecular complexity index is 572. The summed E-state index contributed by atoms with van der Waals surface area (Å²) in [5.41, 5.74) is 1.16. The first-order valence-corrected chi connectivity index (χ1v) is 7.36. The number of rotatable bonds is 8. The maximum Gasteiger partial charge on any atom is 0.164 e. The lowest BCUT2D eigenvalue weighted by Gasteiger charge is -2.20. The highest BCUT2D eigenvalue weighted by Gasteiger charge is 2.14. The minimum Gasteiger partial charge on any atom is -0.493 e. The Balaban J connectivity index is 2.19. The summed E-state index contributed by atoms with van der Waals surface area (Å²) in [5, 5.41) is 3.17. The number of benzene rings is 2. The van der Waals surface area contributed by atoms with Crippen LogP contribution in [0, 0.1) is 0 Å². The van der Waals surface area contributed by atoms with Crippen LogP contribution in [0.2, 0.25) is 0 Å². The van der Waals surface area contributed by atoms with Crippen LogP contribution in [0.25, 0.3) is 0 Å². The Labute approximate surface area is 132 Å². The van der Waals surface area contributed by atoms with E-state index in [0.29, 0.717) is 11.5 Å². The molecule has 0 aliphatic heterocycles. The van der Waals surface area contributed by atoms with Gasteiger partial charge in [0.25, 0.3) is 0 Å². The van der Waals surface area contributed by atoms with E-state index in [1.54, 1.807) is 14.2 Å². The lowest BCUT2D eigenvalue weighted by molar-refractivity contribution is 0.194. The molecule has 1 unspecified atom stereocenters. The molecule has 0 aliphatic rings. The van der Waals surface area contributed by atoms with Crippen molar-refractivity contribution in [2.75, 3.05) is 27.8 Å². The lowest BCUT2D eigenvalue weighted by Crippen LogP contribution is -2.16. The van der Waals surface area contributed by atoms with Crippen LogP contribution < -0.4 is 19.5 Å². The topological polar surface area (TPSA) is 39.7 Å². The maximum atomic E-state index is 6.17. The third-order valence-corrected chi connectivity index (χ3v) is 3.46. The summed E-state index contributed by atoms with van der Waals surface area (Å²) in [6.07, 6.45) is 0.876. The second-order valence-corrected chi connectivity index (χ2v) is 4.93. The van der Waals surface area contributed by atoms with Crippen molar-refractivity contribution in [2.45, 2.75) is 12.5 Å². The third-order valence-electron chi connectivity index (χ3n) is 3.46. The first-order chi connectivity index (χ1) is 10.8. The van der Waals surface area contributed by atoms with E-state index in [1.165, 1.54) is 0 Å². The molecular formula is C18H23NO3. The van der Waals surface area contributed by atoms with Crippen molar-refractivity contribution >= 4 is 0 Å². The van der Waals surface area contributed by atoms with E-state index in [-0.39, 0.29) is 6.10 Å². The normalized spacial score (nSPS) is 11.8. The molecule has 2 rings (SSSR count). The number of methoxy groups -OCH3 is 2. The Morgan fingerprint density at radius 2 is 1.68 bits per heavy atom. The van der Waals surface area contributed by atoms with Crippen LogP contribution in [-0.2, 0) is 0 Å². The molecule has 0 spiro atoms. The molecular weight excluding hydrogens is 278 g/mol. The standard InChI is InChI=1S/C18H23NO3/c1-19-12-11-16(14-7-5-4-6-8-14)22-15-9-10-17(20-2)18(13-15)21-3/h4-10,13,16,19H,11-12H2,1-3H3. The van der Waals surface area contributed by atoms with E-state index in [2.05, 4.69) is 17.4 Å². The van der Waals surface area contributed by atoms with Gasteiger partial charge in [-0.2, -0.15) is 0 Å². The molecule has 0 saturated heterocycles. The molecule has 22 heavy (non-hydrogen) atoms. The number of hydrogen-bond donors (Lipinski definition) is 1. The second-order valence-electron chi connectivity index (χ2n) is 4.93. The van der Waals surface area contributed by atoms with Gasteiger partial charge in [-0.1, -0.05) is 30.3 Å². The zero-order valence-corrected chi connectivity index (χ0v) is 13.3. The molecule has 0 saturated carbocycles. The molecule has 4 nitrogen and oxygen atoms in total. The molecule has 0 aromatic heterocycles. The highest BCUT2D eigenvalue weighted by atomic mass is 16.5. The molecule has 2 aromatic carbocycles. The van der Waals surface area contributed by atoms with Crippen LogP contribution in [0.5, 0.6) is 17.2 Å². The Hall–Kier alpha value is -2.20. The first-order valence-electron chi connectivity index (χ1n) is 7.36. The summed E-state index contributed by atoms with van der Waals surface area (Å²) >= 11 is 0. The van der Waals surface area contributed by atoms with Crippen molar-refractivity contribution in [3.8, 4) is 17.2 Å². The predicted molar refractivity (Wildman–Crippen MR) is 87.9 cm³/mol. The lowest BCUT2D eigenvalue weighted by atomic mass is 10.1. The van der Waals surface area contributed by atoms with Crippen molar-refractivity contribution < 1.29 is 14.2 Å². The molecule has 2 aromatic rings. The zero-order valence-electron chi connectivity index (χ0n) is 13.3. The minimum absolute atomic E-state index is 0.00764. The van der Waals surface area contributed by atoms with Gasteiger partial charge >= 0.3 is 0 Å². The van der Waals surface area contributed by atoms with Crippen LogP contribution in [0.3, 0.4) is 0 Å². The van der Waals surface area contributed by atoms with Crippen LogP contribution in [0.15, 0.2) is 48.5 Å². The van der Waals surface area contributed by atoms with Gasteiger partial charge in [0.05, 0.1) is 14.2 Å². The molecule has 118 valence electrons. The van der Waals surface area contributed by atoms with Crippen molar-refractivity contribution in [1.29, 1.82) is 0 Å². The fourth-order valence-corrected chi connectivity index (χ4v) is 2.29. The Morgan fingerprint density at radius 3 is 2.32 bits per heavy atom. The molecule has 0 fully saturated rings. The zero-order chi connectivity index (χ0) is 15.8. The number of hydrogen-bond acceptors (Lipinski definition) is 4. The smallest absolute Gasteiger partial charge is 0.164 e. The quantitative estimate of drug-likeness (QED) is 0.811. The van der Waals surface area contributed by atoms with Crippen molar-refractivity contribution in [1.82, 2.24) is 5.32 Å². The SMILES string of the molecule is CNCCC(Oc1ccc(OC)c(OC)c1)c1ccccc1. The van der Waals surface area contributed by atoms with Gasteiger partial charge in [0.1, 0.15) is 11.9 Å². The first kappa shape index (κ1) is 16.2. The highest BCUT2D eigenvalue weighted by Crippen LogP contribution is 2.33. The van der Waals surface area contributed by atoms with E-state index < -0.39 is 0 Å². The molecule has 0 heterocycles. The van der Waals surface area contributed by atoms with Crippen LogP contribution in [-0.4, -0.2) is 27.8 Å². The van der Waals surface area contributed by atoms with E-state index in [1.807, 2.05) is 43.4 Å². The molecule has 1 N–H and O–H groups in total. The highest BCUT2D eigenvalue weighted by molar-refractivity contribution is 5.45. The molecule has 0 amide bonds. The average Bonchev–Trinajstić information content (AvgIpc) is 2.59. The van der Waals surface area contributed by atoms with Gasteiger partial charge in [-0.05, 0) is 31.3 Å². The van der Waals surface area contributed by atoms with Gasteiger partial charge in [-0.25, -0.2) is 0 Å². The van der Waals surface area contributed by atoms with Crippen LogP contribution in [0.4, 0.5) is 0 Å². The molecule has 4 heteroatoms. The Morgan fingerprint density at radius 1 is 0.955 bits per heavy atom. The summed E-state index contributed by atoms with van der Waals surface area (Å²) in [6.45, 7) is 0.882. The van der Waals surface area contributed by atoms with E-state index in [0.717, 1.165) is 24.3 Å². The van der Waals surface area contributed by atoms with Crippen molar-refractivity contribution in [3.63, 3.8) is 0 Å². The van der Waals surface area contributed by atoms with Gasteiger partial charge in [0.2, 0.25) is 0 Å². The summed E-state index contributed by atoms with van der Waals surface area (Å²) < 4.78 is 16.8. The maximum absolute atomic E-state index is 6.17. The van der Waals surface area contributed by atoms with Crippen LogP contribution in [0.1, 0.15) is 18.1 Å². The molecule has 0 radical (unpaired) electrons. The molecule has 0 aliphatic carbocycles. The third kappa shape index (κ3) is 4.15. The molecule has 0 bridgehead atoms. The van der Waals surface area contributed by atoms with Crippen molar-refractivity contribution in [3.05, 3.63) is 54.1 Å². The largest absolute Gasteiger partial charge is 0.493 e. The summed E-state index contributed by atoms with van der Waals surface area (Å²) in [4.78, 5) is 0. The van der Waals surface area contributed by atoms with Crippen LogP contribution >= 0.6 is 0 Å². The fourth-order valence-electron chi connectivity index (χ4n) is 2.29. The predicted octanol–water partition coefficient (Wildman–Crippen LogP) is 3.43. The van der Waals surface area contributed by atoms with Gasteiger partial charge in [0, 0.05) is 12.5 Å². The number of nitrogens with one attached hydrogen (secondary N) is 1. The molecule has 1 atom stereocenters. The number of ether oxygens (including phenoxy) is 3. The van der Waals surface area contributed by atoms with Crippen molar-refractivity contribution in [2.24, 2.45) is 0 Å². The van der Waals surface area contributed by atoms with E-state index in [9.17, 15) is 0 Å². The second kappa shape index (κ2) is 8.29. The monoisotopic (exact) mass is 301 g/mol. The van der Waals surface area contributed by atoms with E-state index in [4.69, 9.17) is 14.2 Å². The summed E-state index contributed by atoms with van der Waals surface area (Å²) in [6, 6.07) is 15.8.